The monoisotopic (exact) mass is 138 g/mol. The van der Waals surface area contributed by atoms with Crippen LogP contribution in [-0.4, -0.2) is 8.80 Å². The minimum absolute atomic E-state index is 0. The third-order valence-corrected chi connectivity index (χ3v) is 4.50. The van der Waals surface area contributed by atoms with Gasteiger partial charge in [0.25, 0.3) is 0 Å². The third-order valence-electron chi connectivity index (χ3n) is 1.50. The zero-order chi connectivity index (χ0) is 5.70. The second-order valence-corrected chi connectivity index (χ2v) is 5.43. The molecule has 0 amide bonds. The molecule has 0 saturated carbocycles. The summed E-state index contributed by atoms with van der Waals surface area (Å²) in [4.78, 5) is 0. The zero-order valence-corrected chi connectivity index (χ0v) is 9.62. The van der Waals surface area contributed by atoms with Gasteiger partial charge in [0, 0.05) is 0 Å². The molecule has 0 N–H and O–H groups in total. The van der Waals surface area contributed by atoms with Crippen LogP contribution in [0.2, 0.25) is 18.1 Å². The van der Waals surface area contributed by atoms with Gasteiger partial charge >= 0.3 is 29.6 Å². The van der Waals surface area contributed by atoms with Gasteiger partial charge in [0.2, 0.25) is 0 Å². The molecule has 0 aliphatic carbocycles. The van der Waals surface area contributed by atoms with Gasteiger partial charge in [0.1, 0.15) is 0 Å². The van der Waals surface area contributed by atoms with Crippen molar-refractivity contribution < 1.29 is 29.6 Å². The molecule has 0 unspecified atom stereocenters. The minimum Gasteiger partial charge on any atom is -0.261 e. The maximum Gasteiger partial charge on any atom is 1.00 e. The van der Waals surface area contributed by atoms with Crippen molar-refractivity contribution in [3.63, 3.8) is 0 Å². The van der Waals surface area contributed by atoms with Crippen molar-refractivity contribution in [1.82, 2.24) is 0 Å². The fourth-order valence-corrected chi connectivity index (χ4v) is 2.25. The molecule has 0 nitrogen and oxygen atoms in total. The maximum absolute atomic E-state index is 2.31. The van der Waals surface area contributed by atoms with Crippen LogP contribution >= 0.6 is 0 Å². The van der Waals surface area contributed by atoms with Gasteiger partial charge in [-0.05, 0) is 0 Å². The average molecular weight is 138 g/mol. The van der Waals surface area contributed by atoms with E-state index >= 15 is 0 Å². The normalized spacial score (nSPS) is 9.00. The molecule has 0 bridgehead atoms. The fraction of sp³-hybridized carbons (Fsp3) is 1.00. The molecule has 0 rings (SSSR count). The Morgan fingerprint density at radius 3 is 1.12 bits per heavy atom. The molecule has 44 valence electrons. The summed E-state index contributed by atoms with van der Waals surface area (Å²) in [5, 5.41) is 0. The summed E-state index contributed by atoms with van der Waals surface area (Å²) in [5.41, 5.74) is 0. The summed E-state index contributed by atoms with van der Waals surface area (Å²) in [5.74, 6) is 0. The molecule has 0 aromatic heterocycles. The first-order valence-corrected chi connectivity index (χ1v) is 5.30. The Morgan fingerprint density at radius 2 is 1.12 bits per heavy atom. The first-order valence-electron chi connectivity index (χ1n) is 3.18. The van der Waals surface area contributed by atoms with E-state index in [0.29, 0.717) is 0 Å². The zero-order valence-electron chi connectivity index (χ0n) is 6.62. The van der Waals surface area contributed by atoms with E-state index in [9.17, 15) is 0 Å². The van der Waals surface area contributed by atoms with Crippen LogP contribution in [0.25, 0.3) is 0 Å². The molecule has 0 aromatic carbocycles. The van der Waals surface area contributed by atoms with Crippen molar-refractivity contribution in [3.8, 4) is 0 Å². The Hall–Kier alpha value is 1.22. The Labute approximate surface area is 77.0 Å². The largest absolute Gasteiger partial charge is 1.00 e. The molecular weight excluding hydrogens is 123 g/mol. The summed E-state index contributed by atoms with van der Waals surface area (Å²) in [6.45, 7) is 6.92. The molecular formula is C6H15NaSi. The first-order chi connectivity index (χ1) is 3.35. The maximum atomic E-state index is 2.31. The van der Waals surface area contributed by atoms with Crippen LogP contribution in [-0.2, 0) is 0 Å². The van der Waals surface area contributed by atoms with Gasteiger partial charge in [-0.1, -0.05) is 20.8 Å². The summed E-state index contributed by atoms with van der Waals surface area (Å²) in [6.07, 6.45) is 0. The number of rotatable bonds is 3. The molecule has 0 aromatic rings. The van der Waals surface area contributed by atoms with Gasteiger partial charge in [0.05, 0.1) is 0 Å². The van der Waals surface area contributed by atoms with Crippen molar-refractivity contribution >= 4 is 8.80 Å². The Morgan fingerprint density at radius 1 is 0.875 bits per heavy atom. The van der Waals surface area contributed by atoms with Crippen molar-refractivity contribution in [2.45, 2.75) is 38.9 Å². The second kappa shape index (κ2) is 8.22. The van der Waals surface area contributed by atoms with E-state index in [2.05, 4.69) is 20.8 Å². The van der Waals surface area contributed by atoms with Crippen LogP contribution in [0.1, 0.15) is 20.8 Å². The predicted molar refractivity (Wildman–Crippen MR) is 37.2 cm³/mol. The van der Waals surface area contributed by atoms with Gasteiger partial charge in [-0.15, -0.1) is 0 Å². The van der Waals surface area contributed by atoms with Crippen LogP contribution in [0.5, 0.6) is 0 Å². The Kier molecular flexibility index (Phi) is 12.3. The van der Waals surface area contributed by atoms with Crippen LogP contribution in [0, 0.1) is 0 Å². The molecule has 0 spiro atoms. The van der Waals surface area contributed by atoms with E-state index in [-0.39, 0.29) is 38.4 Å². The number of hydrogen-bond donors (Lipinski definition) is 0. The van der Waals surface area contributed by atoms with Gasteiger partial charge in [-0.3, -0.25) is 8.80 Å². The van der Waals surface area contributed by atoms with E-state index in [1.54, 1.807) is 0 Å². The van der Waals surface area contributed by atoms with Crippen molar-refractivity contribution in [2.24, 2.45) is 0 Å². The van der Waals surface area contributed by atoms with E-state index < -0.39 is 0 Å². The van der Waals surface area contributed by atoms with Crippen molar-refractivity contribution in [3.05, 3.63) is 0 Å². The van der Waals surface area contributed by atoms with Crippen molar-refractivity contribution in [2.75, 3.05) is 0 Å². The SMILES string of the molecule is CC[Si-](CC)CC.[Na+]. The van der Waals surface area contributed by atoms with Crippen LogP contribution in [0.15, 0.2) is 0 Å². The number of hydrogen-bond acceptors (Lipinski definition) is 0. The second-order valence-electron chi connectivity index (χ2n) is 1.81. The fourth-order valence-electron chi connectivity index (χ4n) is 0.750. The topological polar surface area (TPSA) is 0 Å². The molecule has 0 fully saturated rings. The minimum atomic E-state index is 0. The van der Waals surface area contributed by atoms with Gasteiger partial charge < -0.3 is 0 Å². The molecule has 2 heteroatoms. The molecule has 0 radical (unpaired) electrons. The molecule has 0 heterocycles. The standard InChI is InChI=1S/C6H15Si.Na/c1-4-7(5-2)6-3;/h4-6H2,1-3H3;/q-1;+1. The molecule has 8 heavy (non-hydrogen) atoms. The Bertz CT molecular complexity index is 30.0. The summed E-state index contributed by atoms with van der Waals surface area (Å²) >= 11 is 0. The van der Waals surface area contributed by atoms with Gasteiger partial charge in [0.15, 0.2) is 0 Å². The van der Waals surface area contributed by atoms with Crippen molar-refractivity contribution in [1.29, 1.82) is 0 Å². The van der Waals surface area contributed by atoms with E-state index in [4.69, 9.17) is 0 Å². The van der Waals surface area contributed by atoms with E-state index in [1.165, 1.54) is 18.1 Å². The first kappa shape index (κ1) is 11.9. The summed E-state index contributed by atoms with van der Waals surface area (Å²) in [6, 6.07) is 4.37. The molecule has 0 aliphatic heterocycles. The summed E-state index contributed by atoms with van der Waals surface area (Å²) < 4.78 is 0. The van der Waals surface area contributed by atoms with E-state index in [1.807, 2.05) is 0 Å². The molecule has 0 aliphatic rings. The third kappa shape index (κ3) is 5.36. The van der Waals surface area contributed by atoms with Gasteiger partial charge in [-0.2, -0.15) is 18.1 Å². The quantitative estimate of drug-likeness (QED) is 0.463. The smallest absolute Gasteiger partial charge is 0.261 e. The Balaban J connectivity index is 0. The molecule has 0 atom stereocenters. The van der Waals surface area contributed by atoms with Crippen LogP contribution in [0.3, 0.4) is 0 Å². The molecule has 0 saturated heterocycles. The predicted octanol–water partition coefficient (Wildman–Crippen LogP) is -0.455. The average Bonchev–Trinajstić information content (AvgIpc) is 1.72. The summed E-state index contributed by atoms with van der Waals surface area (Å²) in [7, 11) is 0.137. The van der Waals surface area contributed by atoms with Gasteiger partial charge in [-0.25, -0.2) is 0 Å². The van der Waals surface area contributed by atoms with E-state index in [0.717, 1.165) is 0 Å². The van der Waals surface area contributed by atoms with Crippen LogP contribution < -0.4 is 29.6 Å². The van der Waals surface area contributed by atoms with Crippen LogP contribution in [0.4, 0.5) is 0 Å².